The number of phenols is 1. The molecule has 0 atom stereocenters. The fraction of sp³-hybridized carbons (Fsp3) is 0.222. The summed E-state index contributed by atoms with van der Waals surface area (Å²) in [6, 6.07) is 4.67. The molecule has 1 saturated heterocycles. The maximum absolute atomic E-state index is 11.2. The summed E-state index contributed by atoms with van der Waals surface area (Å²) in [5.74, 6) is -0.0257. The van der Waals surface area contributed by atoms with E-state index in [4.69, 9.17) is 10.5 Å². The van der Waals surface area contributed by atoms with Crippen molar-refractivity contribution in [2.75, 3.05) is 23.8 Å². The van der Waals surface area contributed by atoms with Gasteiger partial charge in [-0.15, -0.1) is 0 Å². The molecule has 1 aliphatic rings. The molecular formula is C9H10N2O3. The fourth-order valence-electron chi connectivity index (χ4n) is 1.33. The smallest absolute Gasteiger partial charge is 0.414 e. The van der Waals surface area contributed by atoms with Crippen LogP contribution in [0, 0.1) is 0 Å². The molecule has 1 aromatic carbocycles. The van der Waals surface area contributed by atoms with Gasteiger partial charge in [-0.1, -0.05) is 0 Å². The van der Waals surface area contributed by atoms with Crippen molar-refractivity contribution in [1.29, 1.82) is 0 Å². The van der Waals surface area contributed by atoms with E-state index in [9.17, 15) is 9.90 Å². The maximum atomic E-state index is 11.2. The predicted octanol–water partition coefficient (Wildman–Crippen LogP) is 0.931. The Morgan fingerprint density at radius 1 is 1.50 bits per heavy atom. The molecule has 1 heterocycles. The van der Waals surface area contributed by atoms with E-state index in [2.05, 4.69) is 0 Å². The molecule has 0 radical (unpaired) electrons. The lowest BCUT2D eigenvalue weighted by molar-refractivity contribution is 0.181. The molecule has 0 spiro atoms. The van der Waals surface area contributed by atoms with Gasteiger partial charge in [0.2, 0.25) is 0 Å². The largest absolute Gasteiger partial charge is 0.506 e. The molecule has 1 fully saturated rings. The zero-order valence-corrected chi connectivity index (χ0v) is 7.43. The van der Waals surface area contributed by atoms with Crippen molar-refractivity contribution in [1.82, 2.24) is 0 Å². The summed E-state index contributed by atoms with van der Waals surface area (Å²) in [7, 11) is 0. The number of aromatic hydroxyl groups is 1. The Kier molecular flexibility index (Phi) is 1.92. The van der Waals surface area contributed by atoms with Crippen LogP contribution in [0.4, 0.5) is 16.2 Å². The van der Waals surface area contributed by atoms with Crippen molar-refractivity contribution in [3.8, 4) is 5.75 Å². The van der Waals surface area contributed by atoms with Crippen LogP contribution in [0.5, 0.6) is 5.75 Å². The summed E-state index contributed by atoms with van der Waals surface area (Å²) < 4.78 is 4.76. The predicted molar refractivity (Wildman–Crippen MR) is 51.2 cm³/mol. The monoisotopic (exact) mass is 194 g/mol. The van der Waals surface area contributed by atoms with Crippen LogP contribution in [-0.2, 0) is 4.74 Å². The summed E-state index contributed by atoms with van der Waals surface area (Å²) >= 11 is 0. The normalized spacial score (nSPS) is 15.7. The molecule has 1 aromatic rings. The Balaban J connectivity index is 2.32. The number of hydrogen-bond acceptors (Lipinski definition) is 4. The van der Waals surface area contributed by atoms with E-state index in [0.717, 1.165) is 0 Å². The van der Waals surface area contributed by atoms with Gasteiger partial charge in [-0.2, -0.15) is 0 Å². The van der Waals surface area contributed by atoms with Crippen molar-refractivity contribution >= 4 is 17.5 Å². The number of carbonyl (C=O) groups excluding carboxylic acids is 1. The third-order valence-corrected chi connectivity index (χ3v) is 2.09. The van der Waals surface area contributed by atoms with Crippen molar-refractivity contribution in [3.63, 3.8) is 0 Å². The maximum Gasteiger partial charge on any atom is 0.414 e. The second-order valence-electron chi connectivity index (χ2n) is 3.01. The molecule has 5 nitrogen and oxygen atoms in total. The van der Waals surface area contributed by atoms with Crippen LogP contribution in [0.3, 0.4) is 0 Å². The zero-order valence-electron chi connectivity index (χ0n) is 7.43. The number of phenolic OH excluding ortho intramolecular Hbond substituents is 1. The molecule has 2 rings (SSSR count). The molecular weight excluding hydrogens is 184 g/mol. The average Bonchev–Trinajstić information content (AvgIpc) is 2.57. The number of anilines is 2. The van der Waals surface area contributed by atoms with Crippen molar-refractivity contribution in [3.05, 3.63) is 18.2 Å². The first-order chi connectivity index (χ1) is 6.68. The molecule has 0 aliphatic carbocycles. The van der Waals surface area contributed by atoms with Crippen LogP contribution >= 0.6 is 0 Å². The Labute approximate surface area is 80.7 Å². The van der Waals surface area contributed by atoms with Crippen LogP contribution in [0.25, 0.3) is 0 Å². The van der Waals surface area contributed by atoms with E-state index in [-0.39, 0.29) is 5.75 Å². The molecule has 3 N–H and O–H groups in total. The topological polar surface area (TPSA) is 75.8 Å². The Morgan fingerprint density at radius 2 is 2.29 bits per heavy atom. The summed E-state index contributed by atoms with van der Waals surface area (Å²) in [5.41, 5.74) is 6.33. The number of ether oxygens (including phenoxy) is 1. The minimum absolute atomic E-state index is 0.0257. The molecule has 0 aromatic heterocycles. The number of nitrogen functional groups attached to an aromatic ring is 1. The third kappa shape index (κ3) is 1.32. The van der Waals surface area contributed by atoms with Gasteiger partial charge in [0.25, 0.3) is 0 Å². The van der Waals surface area contributed by atoms with Gasteiger partial charge in [-0.25, -0.2) is 4.79 Å². The number of rotatable bonds is 1. The first kappa shape index (κ1) is 8.68. The number of benzene rings is 1. The van der Waals surface area contributed by atoms with Gasteiger partial charge in [0.15, 0.2) is 0 Å². The highest BCUT2D eigenvalue weighted by Gasteiger charge is 2.23. The van der Waals surface area contributed by atoms with E-state index in [1.165, 1.54) is 11.0 Å². The van der Waals surface area contributed by atoms with Gasteiger partial charge in [0.1, 0.15) is 12.4 Å². The lowest BCUT2D eigenvalue weighted by Crippen LogP contribution is -2.23. The van der Waals surface area contributed by atoms with Crippen LogP contribution in [-0.4, -0.2) is 24.4 Å². The summed E-state index contributed by atoms with van der Waals surface area (Å²) in [5, 5.41) is 9.34. The van der Waals surface area contributed by atoms with Gasteiger partial charge in [-0.3, -0.25) is 4.90 Å². The number of nitrogens with zero attached hydrogens (tertiary/aromatic N) is 1. The first-order valence-corrected chi connectivity index (χ1v) is 4.21. The van der Waals surface area contributed by atoms with Crippen LogP contribution in [0.1, 0.15) is 0 Å². The van der Waals surface area contributed by atoms with Crippen LogP contribution in [0.2, 0.25) is 0 Å². The second kappa shape index (κ2) is 3.10. The summed E-state index contributed by atoms with van der Waals surface area (Å²) in [6.45, 7) is 0.881. The van der Waals surface area contributed by atoms with Gasteiger partial charge in [0, 0.05) is 6.07 Å². The van der Waals surface area contributed by atoms with Crippen LogP contribution < -0.4 is 10.6 Å². The lowest BCUT2D eigenvalue weighted by Gasteiger charge is -2.13. The van der Waals surface area contributed by atoms with Gasteiger partial charge >= 0.3 is 6.09 Å². The molecule has 14 heavy (non-hydrogen) atoms. The van der Waals surface area contributed by atoms with Crippen LogP contribution in [0.15, 0.2) is 18.2 Å². The van der Waals surface area contributed by atoms with Crippen molar-refractivity contribution in [2.45, 2.75) is 0 Å². The molecule has 74 valence electrons. The molecule has 0 unspecified atom stereocenters. The van der Waals surface area contributed by atoms with Gasteiger partial charge in [0.05, 0.1) is 17.9 Å². The average molecular weight is 194 g/mol. The lowest BCUT2D eigenvalue weighted by atomic mass is 10.2. The molecule has 5 heteroatoms. The van der Waals surface area contributed by atoms with Gasteiger partial charge < -0.3 is 15.6 Å². The van der Waals surface area contributed by atoms with Gasteiger partial charge in [-0.05, 0) is 12.1 Å². The Morgan fingerprint density at radius 3 is 2.86 bits per heavy atom. The van der Waals surface area contributed by atoms with E-state index in [1.807, 2.05) is 0 Å². The highest BCUT2D eigenvalue weighted by atomic mass is 16.6. The second-order valence-corrected chi connectivity index (χ2v) is 3.01. The van der Waals surface area contributed by atoms with E-state index in [1.54, 1.807) is 12.1 Å². The summed E-state index contributed by atoms with van der Waals surface area (Å²) in [6.07, 6.45) is -0.394. The molecule has 1 aliphatic heterocycles. The Hall–Kier alpha value is -1.91. The number of carbonyl (C=O) groups is 1. The first-order valence-electron chi connectivity index (χ1n) is 4.21. The van der Waals surface area contributed by atoms with Crippen molar-refractivity contribution < 1.29 is 14.6 Å². The summed E-state index contributed by atoms with van der Waals surface area (Å²) in [4.78, 5) is 12.6. The highest BCUT2D eigenvalue weighted by Crippen LogP contribution is 2.27. The molecule has 0 saturated carbocycles. The third-order valence-electron chi connectivity index (χ3n) is 2.09. The van der Waals surface area contributed by atoms with Crippen molar-refractivity contribution in [2.24, 2.45) is 0 Å². The SMILES string of the molecule is Nc1ccc(N2CCOC2=O)cc1O. The fourth-order valence-corrected chi connectivity index (χ4v) is 1.33. The highest BCUT2D eigenvalue weighted by molar-refractivity contribution is 5.90. The van der Waals surface area contributed by atoms with E-state index in [0.29, 0.717) is 24.5 Å². The number of hydrogen-bond donors (Lipinski definition) is 2. The quantitative estimate of drug-likeness (QED) is 0.515. The molecule has 0 bridgehead atoms. The number of amides is 1. The Bertz CT molecular complexity index is 378. The zero-order chi connectivity index (χ0) is 10.1. The number of cyclic esters (lactones) is 1. The number of nitrogens with two attached hydrogens (primary N) is 1. The molecule has 1 amide bonds. The standard InChI is InChI=1S/C9H10N2O3/c10-7-2-1-6(5-8(7)12)11-3-4-14-9(11)13/h1-2,5,12H,3-4,10H2. The van der Waals surface area contributed by atoms with E-state index >= 15 is 0 Å². The van der Waals surface area contributed by atoms with E-state index < -0.39 is 6.09 Å². The minimum atomic E-state index is -0.394. The minimum Gasteiger partial charge on any atom is -0.506 e.